The molecule has 9 heteroatoms. The minimum Gasteiger partial charge on any atom is -0.463 e. The zero-order valence-corrected chi connectivity index (χ0v) is 19.7. The summed E-state index contributed by atoms with van der Waals surface area (Å²) in [5.41, 5.74) is 1.08. The molecule has 1 heterocycles. The van der Waals surface area contributed by atoms with Gasteiger partial charge in [-0.3, -0.25) is 4.79 Å². The minimum absolute atomic E-state index is 0.0447. The van der Waals surface area contributed by atoms with Gasteiger partial charge in [0.2, 0.25) is 0 Å². The Bertz CT molecular complexity index is 1570. The lowest BCUT2D eigenvalue weighted by atomic mass is 10.0. The van der Waals surface area contributed by atoms with Crippen molar-refractivity contribution in [1.82, 2.24) is 14.8 Å². The number of fused-ring (bicyclic) bond motifs is 1. The van der Waals surface area contributed by atoms with Gasteiger partial charge in [-0.2, -0.15) is 18.2 Å². The molecule has 0 aliphatic carbocycles. The fraction of sp³-hybridized carbons (Fsp3) is 0.107. The Morgan fingerprint density at radius 1 is 0.946 bits per heavy atom. The van der Waals surface area contributed by atoms with Crippen molar-refractivity contribution < 1.29 is 22.7 Å². The molecule has 1 N–H and O–H groups in total. The summed E-state index contributed by atoms with van der Waals surface area (Å²) in [6.07, 6.45) is -4.49. The molecule has 0 aliphatic heterocycles. The number of halogens is 3. The smallest absolute Gasteiger partial charge is 0.416 e. The van der Waals surface area contributed by atoms with Crippen LogP contribution in [0.25, 0.3) is 27.8 Å². The molecule has 186 valence electrons. The molecule has 0 atom stereocenters. The van der Waals surface area contributed by atoms with Crippen LogP contribution < -0.4 is 10.1 Å². The lowest BCUT2D eigenvalue weighted by Crippen LogP contribution is -2.12. The molecule has 5 rings (SSSR count). The summed E-state index contributed by atoms with van der Waals surface area (Å²) in [5.74, 6) is -0.0596. The number of nitrogens with one attached hydrogen (secondary N) is 1. The number of ether oxygens (including phenoxy) is 1. The number of anilines is 1. The highest BCUT2D eigenvalue weighted by Gasteiger charge is 2.31. The van der Waals surface area contributed by atoms with Crippen molar-refractivity contribution in [3.63, 3.8) is 0 Å². The molecule has 0 radical (unpaired) electrons. The van der Waals surface area contributed by atoms with Crippen LogP contribution in [0.2, 0.25) is 0 Å². The third-order valence-corrected chi connectivity index (χ3v) is 5.71. The van der Waals surface area contributed by atoms with Gasteiger partial charge < -0.3 is 10.1 Å². The van der Waals surface area contributed by atoms with E-state index in [1.54, 1.807) is 37.3 Å². The summed E-state index contributed by atoms with van der Waals surface area (Å²) in [7, 11) is 0. The maximum Gasteiger partial charge on any atom is 0.416 e. The van der Waals surface area contributed by atoms with Gasteiger partial charge in [0.1, 0.15) is 0 Å². The molecule has 0 saturated carbocycles. The standard InChI is InChI=1S/C28H21F3N4O2/c1-2-37-27-33-25(19-9-5-10-20(17-19)28(29,30)31)35(34-27)22-15-13-21(14-16-22)32-26(36)24-12-6-8-18-7-3-4-11-23(18)24/h3-17H,2H2,1H3,(H,32,36). The lowest BCUT2D eigenvalue weighted by molar-refractivity contribution is -0.137. The van der Waals surface area contributed by atoms with E-state index in [0.29, 0.717) is 23.5 Å². The van der Waals surface area contributed by atoms with Crippen molar-refractivity contribution in [3.8, 4) is 23.1 Å². The number of alkyl halides is 3. The van der Waals surface area contributed by atoms with E-state index in [4.69, 9.17) is 4.74 Å². The highest BCUT2D eigenvalue weighted by molar-refractivity contribution is 6.12. The van der Waals surface area contributed by atoms with Crippen LogP contribution in [0.1, 0.15) is 22.8 Å². The number of carbonyl (C=O) groups is 1. The minimum atomic E-state index is -4.49. The van der Waals surface area contributed by atoms with Crippen LogP contribution in [-0.4, -0.2) is 27.3 Å². The average molecular weight is 502 g/mol. The Balaban J connectivity index is 1.45. The average Bonchev–Trinajstić information content (AvgIpc) is 3.32. The van der Waals surface area contributed by atoms with Crippen LogP contribution in [0.4, 0.5) is 18.9 Å². The summed E-state index contributed by atoms with van der Waals surface area (Å²) in [6, 6.07) is 24.9. The molecule has 1 aromatic heterocycles. The van der Waals surface area contributed by atoms with Gasteiger partial charge in [0.05, 0.1) is 17.9 Å². The van der Waals surface area contributed by atoms with Crippen LogP contribution in [0.3, 0.4) is 0 Å². The van der Waals surface area contributed by atoms with Crippen LogP contribution >= 0.6 is 0 Å². The van der Waals surface area contributed by atoms with Gasteiger partial charge in [0, 0.05) is 16.8 Å². The largest absolute Gasteiger partial charge is 0.463 e. The lowest BCUT2D eigenvalue weighted by Gasteiger charge is -2.11. The first-order chi connectivity index (χ1) is 17.8. The molecule has 0 aliphatic rings. The predicted molar refractivity (Wildman–Crippen MR) is 135 cm³/mol. The number of amides is 1. The highest BCUT2D eigenvalue weighted by Crippen LogP contribution is 2.33. The zero-order chi connectivity index (χ0) is 26.0. The van der Waals surface area contributed by atoms with Gasteiger partial charge in [0.15, 0.2) is 5.82 Å². The second-order valence-corrected chi connectivity index (χ2v) is 8.17. The third-order valence-electron chi connectivity index (χ3n) is 5.71. The molecular weight excluding hydrogens is 481 g/mol. The molecule has 0 fully saturated rings. The molecule has 0 spiro atoms. The Hall–Kier alpha value is -4.66. The topological polar surface area (TPSA) is 69.0 Å². The van der Waals surface area contributed by atoms with Crippen LogP contribution in [0.5, 0.6) is 6.01 Å². The molecule has 0 bridgehead atoms. The Morgan fingerprint density at radius 3 is 2.43 bits per heavy atom. The van der Waals surface area contributed by atoms with Crippen molar-refractivity contribution in [2.24, 2.45) is 0 Å². The zero-order valence-electron chi connectivity index (χ0n) is 19.7. The summed E-state index contributed by atoms with van der Waals surface area (Å²) >= 11 is 0. The van der Waals surface area contributed by atoms with Gasteiger partial charge in [-0.05, 0) is 60.2 Å². The Kier molecular flexibility index (Phi) is 6.35. The predicted octanol–water partition coefficient (Wildman–Crippen LogP) is 6.76. The van der Waals surface area contributed by atoms with Gasteiger partial charge in [0.25, 0.3) is 5.91 Å². The molecule has 1 amide bonds. The van der Waals surface area contributed by atoms with E-state index in [1.807, 2.05) is 36.4 Å². The Morgan fingerprint density at radius 2 is 1.68 bits per heavy atom. The maximum atomic E-state index is 13.3. The molecule has 6 nitrogen and oxygen atoms in total. The quantitative estimate of drug-likeness (QED) is 0.279. The maximum absolute atomic E-state index is 13.3. The molecule has 4 aromatic carbocycles. The van der Waals surface area contributed by atoms with Gasteiger partial charge >= 0.3 is 12.2 Å². The summed E-state index contributed by atoms with van der Waals surface area (Å²) in [4.78, 5) is 17.3. The fourth-order valence-electron chi connectivity index (χ4n) is 3.99. The van der Waals surface area contributed by atoms with E-state index >= 15 is 0 Å². The number of carbonyl (C=O) groups excluding carboxylic acids is 1. The van der Waals surface area contributed by atoms with E-state index in [9.17, 15) is 18.0 Å². The van der Waals surface area contributed by atoms with Crippen molar-refractivity contribution in [2.75, 3.05) is 11.9 Å². The first-order valence-corrected chi connectivity index (χ1v) is 11.5. The number of nitrogens with zero attached hydrogens (tertiary/aromatic N) is 3. The first kappa shape index (κ1) is 24.1. The molecule has 5 aromatic rings. The molecule has 37 heavy (non-hydrogen) atoms. The van der Waals surface area contributed by atoms with Crippen LogP contribution in [0, 0.1) is 0 Å². The van der Waals surface area contributed by atoms with Gasteiger partial charge in [-0.25, -0.2) is 4.68 Å². The normalized spacial score (nSPS) is 11.5. The van der Waals surface area contributed by atoms with E-state index in [2.05, 4.69) is 15.4 Å². The van der Waals surface area contributed by atoms with Crippen molar-refractivity contribution in [2.45, 2.75) is 13.1 Å². The second kappa shape index (κ2) is 9.77. The number of hydrogen-bond acceptors (Lipinski definition) is 4. The monoisotopic (exact) mass is 502 g/mol. The highest BCUT2D eigenvalue weighted by atomic mass is 19.4. The number of rotatable bonds is 6. The summed E-state index contributed by atoms with van der Waals surface area (Å²) in [5, 5.41) is 9.02. The van der Waals surface area contributed by atoms with Crippen molar-refractivity contribution in [1.29, 1.82) is 0 Å². The Labute approximate surface area is 210 Å². The first-order valence-electron chi connectivity index (χ1n) is 11.5. The molecule has 0 saturated heterocycles. The van der Waals surface area contributed by atoms with Crippen molar-refractivity contribution in [3.05, 3.63) is 102 Å². The van der Waals surface area contributed by atoms with E-state index < -0.39 is 11.7 Å². The van der Waals surface area contributed by atoms with E-state index in [1.165, 1.54) is 16.8 Å². The van der Waals surface area contributed by atoms with Crippen molar-refractivity contribution >= 4 is 22.4 Å². The molecule has 0 unspecified atom stereocenters. The van der Waals surface area contributed by atoms with E-state index in [0.717, 1.165) is 22.9 Å². The number of benzene rings is 4. The second-order valence-electron chi connectivity index (χ2n) is 8.17. The van der Waals surface area contributed by atoms with Crippen LogP contribution in [0.15, 0.2) is 91.0 Å². The SMILES string of the molecule is CCOc1nc(-c2cccc(C(F)(F)F)c2)n(-c2ccc(NC(=O)c3cccc4ccccc34)cc2)n1. The fourth-order valence-corrected chi connectivity index (χ4v) is 3.99. The summed E-state index contributed by atoms with van der Waals surface area (Å²) < 4.78 is 46.7. The third kappa shape index (κ3) is 5.02. The van der Waals surface area contributed by atoms with Gasteiger partial charge in [-0.1, -0.05) is 48.5 Å². The van der Waals surface area contributed by atoms with Crippen LogP contribution in [-0.2, 0) is 6.18 Å². The van der Waals surface area contributed by atoms with Gasteiger partial charge in [-0.15, -0.1) is 5.10 Å². The number of aromatic nitrogens is 3. The number of hydrogen-bond donors (Lipinski definition) is 1. The summed E-state index contributed by atoms with van der Waals surface area (Å²) in [6.45, 7) is 2.06. The van der Waals surface area contributed by atoms with E-state index in [-0.39, 0.29) is 23.3 Å². The molecular formula is C28H21F3N4O2.